The SMILES string of the molecule is CN1C(=O)/C(=C\c2ccccc2OCc2ccc(Cl)c(Cl)c2)SC1=Nc1cccc(C(=O)O)c1. The van der Waals surface area contributed by atoms with E-state index >= 15 is 0 Å². The fourth-order valence-electron chi connectivity index (χ4n) is 3.13. The molecule has 0 radical (unpaired) electrons. The van der Waals surface area contributed by atoms with Crippen molar-refractivity contribution in [3.8, 4) is 5.75 Å². The summed E-state index contributed by atoms with van der Waals surface area (Å²) in [6, 6.07) is 18.9. The summed E-state index contributed by atoms with van der Waals surface area (Å²) in [6.07, 6.45) is 1.75. The number of amidine groups is 1. The van der Waals surface area contributed by atoms with Crippen LogP contribution in [0.25, 0.3) is 6.08 Å². The van der Waals surface area contributed by atoms with Crippen LogP contribution < -0.4 is 4.74 Å². The van der Waals surface area contributed by atoms with Crippen molar-refractivity contribution in [2.75, 3.05) is 7.05 Å². The Bertz CT molecular complexity index is 1340. The highest BCUT2D eigenvalue weighted by molar-refractivity contribution is 8.18. The van der Waals surface area contributed by atoms with E-state index in [0.717, 1.165) is 11.1 Å². The van der Waals surface area contributed by atoms with E-state index in [0.29, 0.717) is 31.6 Å². The molecule has 0 aliphatic carbocycles. The van der Waals surface area contributed by atoms with Crippen molar-refractivity contribution < 1.29 is 19.4 Å². The van der Waals surface area contributed by atoms with E-state index in [1.165, 1.54) is 28.8 Å². The van der Waals surface area contributed by atoms with E-state index in [-0.39, 0.29) is 18.1 Å². The van der Waals surface area contributed by atoms with Gasteiger partial charge in [-0.1, -0.05) is 53.5 Å². The Balaban J connectivity index is 1.56. The molecule has 1 saturated heterocycles. The molecule has 0 aromatic heterocycles. The second-order valence-electron chi connectivity index (χ2n) is 7.30. The van der Waals surface area contributed by atoms with Gasteiger partial charge in [0.15, 0.2) is 5.17 Å². The van der Waals surface area contributed by atoms with Crippen molar-refractivity contribution in [2.24, 2.45) is 4.99 Å². The number of hydrogen-bond acceptors (Lipinski definition) is 5. The van der Waals surface area contributed by atoms with Crippen molar-refractivity contribution in [2.45, 2.75) is 6.61 Å². The van der Waals surface area contributed by atoms with Crippen molar-refractivity contribution in [3.05, 3.63) is 98.4 Å². The number of benzene rings is 3. The molecule has 0 unspecified atom stereocenters. The molecule has 1 fully saturated rings. The minimum atomic E-state index is -1.04. The Morgan fingerprint density at radius 1 is 1.09 bits per heavy atom. The summed E-state index contributed by atoms with van der Waals surface area (Å²) in [4.78, 5) is 30.4. The van der Waals surface area contributed by atoms with Crippen molar-refractivity contribution in [1.82, 2.24) is 4.90 Å². The van der Waals surface area contributed by atoms with Gasteiger partial charge >= 0.3 is 5.97 Å². The number of aliphatic imine (C=N–C) groups is 1. The lowest BCUT2D eigenvalue weighted by Crippen LogP contribution is -2.23. The lowest BCUT2D eigenvalue weighted by atomic mass is 10.1. The fraction of sp³-hybridized carbons (Fsp3) is 0.0800. The van der Waals surface area contributed by atoms with Crippen LogP contribution >= 0.6 is 35.0 Å². The van der Waals surface area contributed by atoms with Gasteiger partial charge in [-0.2, -0.15) is 0 Å². The smallest absolute Gasteiger partial charge is 0.335 e. The van der Waals surface area contributed by atoms with Gasteiger partial charge in [-0.3, -0.25) is 9.69 Å². The van der Waals surface area contributed by atoms with Crippen LogP contribution in [0.2, 0.25) is 10.0 Å². The third-order valence-corrected chi connectivity index (χ3v) is 6.70. The van der Waals surface area contributed by atoms with Gasteiger partial charge in [0, 0.05) is 12.6 Å². The number of rotatable bonds is 6. The highest BCUT2D eigenvalue weighted by Gasteiger charge is 2.30. The third kappa shape index (κ3) is 5.44. The molecule has 0 spiro atoms. The highest BCUT2D eigenvalue weighted by Crippen LogP contribution is 2.35. The van der Waals surface area contributed by atoms with Crippen LogP contribution in [0, 0.1) is 0 Å². The Labute approximate surface area is 210 Å². The normalized spacial score (nSPS) is 15.9. The van der Waals surface area contributed by atoms with E-state index < -0.39 is 5.97 Å². The van der Waals surface area contributed by atoms with E-state index in [4.69, 9.17) is 27.9 Å². The topological polar surface area (TPSA) is 79.2 Å². The van der Waals surface area contributed by atoms with Gasteiger partial charge < -0.3 is 9.84 Å². The molecule has 1 aliphatic heterocycles. The number of carboxylic acids is 1. The molecule has 4 rings (SSSR count). The lowest BCUT2D eigenvalue weighted by Gasteiger charge is -2.10. The molecule has 0 saturated carbocycles. The number of amides is 1. The number of carboxylic acid groups (broad SMARTS) is 1. The first-order valence-electron chi connectivity index (χ1n) is 10.1. The summed E-state index contributed by atoms with van der Waals surface area (Å²) in [5.74, 6) is -0.641. The second-order valence-corrected chi connectivity index (χ2v) is 9.12. The molecule has 1 N–H and O–H groups in total. The van der Waals surface area contributed by atoms with Crippen LogP contribution in [-0.4, -0.2) is 34.1 Å². The predicted molar refractivity (Wildman–Crippen MR) is 136 cm³/mol. The molecule has 3 aromatic carbocycles. The molecule has 9 heteroatoms. The van der Waals surface area contributed by atoms with Crippen molar-refractivity contribution >= 4 is 63.8 Å². The standard InChI is InChI=1S/C25H18Cl2N2O4S/c1-29-23(30)22(34-25(29)28-18-7-4-6-17(12-18)24(31)32)13-16-5-2-3-8-21(16)33-14-15-9-10-19(26)20(27)11-15/h2-13H,14H2,1H3,(H,31,32)/b22-13+,28-25?. The quantitative estimate of drug-likeness (QED) is 0.381. The highest BCUT2D eigenvalue weighted by atomic mass is 35.5. The monoisotopic (exact) mass is 512 g/mol. The van der Waals surface area contributed by atoms with E-state index in [9.17, 15) is 14.7 Å². The predicted octanol–water partition coefficient (Wildman–Crippen LogP) is 6.50. The maximum atomic E-state index is 12.8. The summed E-state index contributed by atoms with van der Waals surface area (Å²) in [5, 5.41) is 10.6. The third-order valence-electron chi connectivity index (χ3n) is 4.91. The number of likely N-dealkylation sites (N-methyl/N-ethyl adjacent to an activating group) is 1. The fourth-order valence-corrected chi connectivity index (χ4v) is 4.43. The molecular formula is C25H18Cl2N2O4S. The van der Waals surface area contributed by atoms with Gasteiger partial charge in [-0.15, -0.1) is 0 Å². The minimum Gasteiger partial charge on any atom is -0.488 e. The molecule has 6 nitrogen and oxygen atoms in total. The van der Waals surface area contributed by atoms with Crippen LogP contribution in [0.15, 0.2) is 76.6 Å². The van der Waals surface area contributed by atoms with Gasteiger partial charge in [0.25, 0.3) is 5.91 Å². The van der Waals surface area contributed by atoms with Crippen LogP contribution in [-0.2, 0) is 11.4 Å². The first kappa shape index (κ1) is 23.9. The molecule has 0 atom stereocenters. The van der Waals surface area contributed by atoms with Gasteiger partial charge in [0.2, 0.25) is 0 Å². The van der Waals surface area contributed by atoms with Crippen molar-refractivity contribution in [1.29, 1.82) is 0 Å². The maximum absolute atomic E-state index is 12.8. The largest absolute Gasteiger partial charge is 0.488 e. The molecule has 1 amide bonds. The zero-order valence-corrected chi connectivity index (χ0v) is 20.2. The van der Waals surface area contributed by atoms with Crippen LogP contribution in [0.4, 0.5) is 5.69 Å². The number of para-hydroxylation sites is 1. The molecule has 1 heterocycles. The molecular weight excluding hydrogens is 495 g/mol. The van der Waals surface area contributed by atoms with Gasteiger partial charge in [-0.25, -0.2) is 9.79 Å². The Morgan fingerprint density at radius 2 is 1.88 bits per heavy atom. The Kier molecular flexibility index (Phi) is 7.26. The lowest BCUT2D eigenvalue weighted by molar-refractivity contribution is -0.121. The van der Waals surface area contributed by atoms with Crippen LogP contribution in [0.1, 0.15) is 21.5 Å². The summed E-state index contributed by atoms with van der Waals surface area (Å²) in [6.45, 7) is 0.282. The summed E-state index contributed by atoms with van der Waals surface area (Å²) >= 11 is 13.3. The Morgan fingerprint density at radius 3 is 2.65 bits per heavy atom. The van der Waals surface area contributed by atoms with Gasteiger partial charge in [-0.05, 0) is 59.8 Å². The van der Waals surface area contributed by atoms with Crippen LogP contribution in [0.3, 0.4) is 0 Å². The second kappa shape index (κ2) is 10.3. The summed E-state index contributed by atoms with van der Waals surface area (Å²) in [5.41, 5.74) is 2.18. The minimum absolute atomic E-state index is 0.127. The zero-order chi connectivity index (χ0) is 24.2. The molecule has 3 aromatic rings. The molecule has 34 heavy (non-hydrogen) atoms. The number of carbonyl (C=O) groups excluding carboxylic acids is 1. The number of hydrogen-bond donors (Lipinski definition) is 1. The summed E-state index contributed by atoms with van der Waals surface area (Å²) in [7, 11) is 1.63. The number of aromatic carboxylic acids is 1. The zero-order valence-electron chi connectivity index (χ0n) is 17.9. The van der Waals surface area contributed by atoms with E-state index in [1.54, 1.807) is 37.4 Å². The first-order valence-corrected chi connectivity index (χ1v) is 11.6. The number of ether oxygens (including phenoxy) is 1. The van der Waals surface area contributed by atoms with Crippen LogP contribution in [0.5, 0.6) is 5.75 Å². The van der Waals surface area contributed by atoms with E-state index in [2.05, 4.69) is 4.99 Å². The molecule has 172 valence electrons. The number of thioether (sulfide) groups is 1. The summed E-state index contributed by atoms with van der Waals surface area (Å²) < 4.78 is 5.98. The van der Waals surface area contributed by atoms with E-state index in [1.807, 2.05) is 30.3 Å². The average molecular weight is 513 g/mol. The maximum Gasteiger partial charge on any atom is 0.335 e. The van der Waals surface area contributed by atoms with Crippen molar-refractivity contribution in [3.63, 3.8) is 0 Å². The molecule has 0 bridgehead atoms. The number of halogens is 2. The average Bonchev–Trinajstić information content (AvgIpc) is 3.08. The molecule has 1 aliphatic rings. The van der Waals surface area contributed by atoms with Gasteiger partial charge in [0.1, 0.15) is 12.4 Å². The Hall–Kier alpha value is -3.26. The van der Waals surface area contributed by atoms with Gasteiger partial charge in [0.05, 0.1) is 26.2 Å². The number of nitrogens with zero attached hydrogens (tertiary/aromatic N) is 2. The number of carbonyl (C=O) groups is 2. The first-order chi connectivity index (χ1) is 16.3.